The van der Waals surface area contributed by atoms with Crippen LogP contribution in [-0.2, 0) is 14.3 Å². The second-order valence-corrected chi connectivity index (χ2v) is 5.29. The molecule has 0 saturated carbocycles. The van der Waals surface area contributed by atoms with Crippen molar-refractivity contribution in [1.82, 2.24) is 10.2 Å². The van der Waals surface area contributed by atoms with Crippen molar-refractivity contribution < 1.29 is 14.3 Å². The minimum atomic E-state index is -0.286. The third kappa shape index (κ3) is 4.20. The van der Waals surface area contributed by atoms with Gasteiger partial charge in [-0.05, 0) is 39.7 Å². The number of rotatable bonds is 6. The minimum absolute atomic E-state index is 0.00301. The van der Waals surface area contributed by atoms with Gasteiger partial charge in [-0.2, -0.15) is 0 Å². The van der Waals surface area contributed by atoms with Crippen molar-refractivity contribution >= 4 is 11.9 Å². The quantitative estimate of drug-likeness (QED) is 0.740. The number of esters is 1. The Morgan fingerprint density at radius 3 is 2.68 bits per heavy atom. The lowest BCUT2D eigenvalue weighted by Gasteiger charge is -2.29. The van der Waals surface area contributed by atoms with Crippen LogP contribution in [0, 0.1) is 0 Å². The van der Waals surface area contributed by atoms with Crippen LogP contribution in [0.25, 0.3) is 0 Å². The molecule has 1 saturated heterocycles. The van der Waals surface area contributed by atoms with Crippen LogP contribution in [0.5, 0.6) is 0 Å². The van der Waals surface area contributed by atoms with Crippen molar-refractivity contribution in [2.45, 2.75) is 64.6 Å². The molecule has 5 nitrogen and oxygen atoms in total. The van der Waals surface area contributed by atoms with Gasteiger partial charge in [0.2, 0.25) is 5.91 Å². The first-order chi connectivity index (χ1) is 9.01. The third-order valence-electron chi connectivity index (χ3n) is 3.75. The molecule has 0 bridgehead atoms. The van der Waals surface area contributed by atoms with Gasteiger partial charge in [-0.15, -0.1) is 0 Å². The molecule has 5 heteroatoms. The molecule has 0 aromatic heterocycles. The fourth-order valence-electron chi connectivity index (χ4n) is 2.66. The van der Waals surface area contributed by atoms with Crippen molar-refractivity contribution in [2.75, 3.05) is 13.7 Å². The highest BCUT2D eigenvalue weighted by atomic mass is 16.5. The molecule has 1 aliphatic heterocycles. The van der Waals surface area contributed by atoms with Crippen LogP contribution in [0.3, 0.4) is 0 Å². The average molecular weight is 270 g/mol. The summed E-state index contributed by atoms with van der Waals surface area (Å²) in [5.74, 6) is -0.240. The Hall–Kier alpha value is -1.10. The van der Waals surface area contributed by atoms with Crippen molar-refractivity contribution in [2.24, 2.45) is 0 Å². The van der Waals surface area contributed by atoms with Gasteiger partial charge < -0.3 is 10.1 Å². The Labute approximate surface area is 115 Å². The lowest BCUT2D eigenvalue weighted by Crippen LogP contribution is -2.51. The normalized spacial score (nSPS) is 22.8. The van der Waals surface area contributed by atoms with E-state index in [0.29, 0.717) is 0 Å². The number of amides is 1. The monoisotopic (exact) mass is 270 g/mol. The number of ether oxygens (including phenoxy) is 1. The van der Waals surface area contributed by atoms with Gasteiger partial charge >= 0.3 is 5.97 Å². The summed E-state index contributed by atoms with van der Waals surface area (Å²) in [6.45, 7) is 6.74. The Morgan fingerprint density at radius 2 is 2.11 bits per heavy atom. The minimum Gasteiger partial charge on any atom is -0.468 e. The average Bonchev–Trinajstić information content (AvgIpc) is 2.86. The lowest BCUT2D eigenvalue weighted by atomic mass is 10.1. The molecule has 0 spiro atoms. The second-order valence-electron chi connectivity index (χ2n) is 5.29. The van der Waals surface area contributed by atoms with Gasteiger partial charge in [-0.3, -0.25) is 14.5 Å². The van der Waals surface area contributed by atoms with E-state index in [1.165, 1.54) is 7.11 Å². The summed E-state index contributed by atoms with van der Waals surface area (Å²) in [5.41, 5.74) is 0. The fraction of sp³-hybridized carbons (Fsp3) is 0.857. The van der Waals surface area contributed by atoms with E-state index in [1.54, 1.807) is 0 Å². The number of carbonyl (C=O) groups excluding carboxylic acids is 2. The Balaban J connectivity index is 2.58. The first kappa shape index (κ1) is 16.0. The lowest BCUT2D eigenvalue weighted by molar-refractivity contribution is -0.147. The topological polar surface area (TPSA) is 58.6 Å². The summed E-state index contributed by atoms with van der Waals surface area (Å²) in [5, 5.41) is 3.00. The highest BCUT2D eigenvalue weighted by Gasteiger charge is 2.37. The highest BCUT2D eigenvalue weighted by molar-refractivity contribution is 5.83. The van der Waals surface area contributed by atoms with E-state index < -0.39 is 0 Å². The van der Waals surface area contributed by atoms with E-state index >= 15 is 0 Å². The maximum Gasteiger partial charge on any atom is 0.323 e. The van der Waals surface area contributed by atoms with Gasteiger partial charge in [0.25, 0.3) is 0 Å². The van der Waals surface area contributed by atoms with Gasteiger partial charge in [0.15, 0.2) is 0 Å². The molecule has 1 heterocycles. The molecule has 0 aromatic carbocycles. The van der Waals surface area contributed by atoms with E-state index in [1.807, 2.05) is 18.7 Å². The SMILES string of the molecule is CCCC(C)NC(=O)C(C)N1CCCC1C(=O)OC. The number of hydrogen-bond donors (Lipinski definition) is 1. The molecule has 0 radical (unpaired) electrons. The molecular weight excluding hydrogens is 244 g/mol. The Morgan fingerprint density at radius 1 is 1.42 bits per heavy atom. The smallest absolute Gasteiger partial charge is 0.323 e. The van der Waals surface area contributed by atoms with Gasteiger partial charge in [0, 0.05) is 6.04 Å². The molecule has 19 heavy (non-hydrogen) atoms. The van der Waals surface area contributed by atoms with Crippen molar-refractivity contribution in [3.05, 3.63) is 0 Å². The van der Waals surface area contributed by atoms with Crippen molar-refractivity contribution in [3.8, 4) is 0 Å². The van der Waals surface area contributed by atoms with E-state index in [0.717, 1.165) is 32.2 Å². The zero-order valence-corrected chi connectivity index (χ0v) is 12.4. The van der Waals surface area contributed by atoms with Crippen LogP contribution in [0.2, 0.25) is 0 Å². The molecule has 0 aliphatic carbocycles. The largest absolute Gasteiger partial charge is 0.468 e. The number of nitrogens with zero attached hydrogens (tertiary/aromatic N) is 1. The summed E-state index contributed by atoms with van der Waals surface area (Å²) in [6.07, 6.45) is 3.72. The molecule has 3 atom stereocenters. The summed E-state index contributed by atoms with van der Waals surface area (Å²) in [7, 11) is 1.40. The van der Waals surface area contributed by atoms with Gasteiger partial charge in [0.1, 0.15) is 6.04 Å². The van der Waals surface area contributed by atoms with Crippen molar-refractivity contribution in [1.29, 1.82) is 0 Å². The summed E-state index contributed by atoms with van der Waals surface area (Å²) >= 11 is 0. The molecule has 1 fully saturated rings. The molecule has 1 N–H and O–H groups in total. The fourth-order valence-corrected chi connectivity index (χ4v) is 2.66. The van der Waals surface area contributed by atoms with Crippen LogP contribution in [-0.4, -0.2) is 48.6 Å². The zero-order chi connectivity index (χ0) is 14.4. The van der Waals surface area contributed by atoms with Crippen LogP contribution < -0.4 is 5.32 Å². The molecule has 1 amide bonds. The predicted molar refractivity (Wildman–Crippen MR) is 73.7 cm³/mol. The number of carbonyl (C=O) groups is 2. The van der Waals surface area contributed by atoms with Crippen LogP contribution in [0.15, 0.2) is 0 Å². The first-order valence-electron chi connectivity index (χ1n) is 7.15. The predicted octanol–water partition coefficient (Wildman–Crippen LogP) is 1.32. The molecular formula is C14H26N2O3. The Bertz CT molecular complexity index is 320. The maximum atomic E-state index is 12.2. The first-order valence-corrected chi connectivity index (χ1v) is 7.15. The van der Waals surface area contributed by atoms with Gasteiger partial charge in [0.05, 0.1) is 13.2 Å². The standard InChI is InChI=1S/C14H26N2O3/c1-5-7-10(2)15-13(17)11(3)16-9-6-8-12(16)14(18)19-4/h10-12H,5-9H2,1-4H3,(H,15,17). The summed E-state index contributed by atoms with van der Waals surface area (Å²) in [4.78, 5) is 25.8. The molecule has 1 rings (SSSR count). The molecule has 1 aliphatic rings. The van der Waals surface area contributed by atoms with E-state index in [9.17, 15) is 9.59 Å². The number of methoxy groups -OCH3 is 1. The maximum absolute atomic E-state index is 12.2. The van der Waals surface area contributed by atoms with E-state index in [4.69, 9.17) is 4.74 Å². The highest BCUT2D eigenvalue weighted by Crippen LogP contribution is 2.21. The number of likely N-dealkylation sites (tertiary alicyclic amines) is 1. The third-order valence-corrected chi connectivity index (χ3v) is 3.75. The summed E-state index contributed by atoms with van der Waals surface area (Å²) in [6, 6.07) is -0.378. The number of hydrogen-bond acceptors (Lipinski definition) is 4. The van der Waals surface area contributed by atoms with E-state index in [-0.39, 0.29) is 30.0 Å². The molecule has 110 valence electrons. The molecule has 0 aromatic rings. The van der Waals surface area contributed by atoms with Crippen LogP contribution in [0.4, 0.5) is 0 Å². The Kier molecular flexibility index (Phi) is 6.28. The molecule has 3 unspecified atom stereocenters. The number of nitrogens with one attached hydrogen (secondary N) is 1. The summed E-state index contributed by atoms with van der Waals surface area (Å²) < 4.78 is 4.80. The van der Waals surface area contributed by atoms with Gasteiger partial charge in [-0.25, -0.2) is 0 Å². The second kappa shape index (κ2) is 7.48. The van der Waals surface area contributed by atoms with Gasteiger partial charge in [-0.1, -0.05) is 13.3 Å². The zero-order valence-electron chi connectivity index (χ0n) is 12.4. The van der Waals surface area contributed by atoms with Crippen LogP contribution in [0.1, 0.15) is 46.5 Å². The van der Waals surface area contributed by atoms with Crippen molar-refractivity contribution in [3.63, 3.8) is 0 Å². The van der Waals surface area contributed by atoms with Crippen LogP contribution >= 0.6 is 0 Å². The van der Waals surface area contributed by atoms with E-state index in [2.05, 4.69) is 12.2 Å².